The van der Waals surface area contributed by atoms with Crippen LogP contribution in [-0.2, 0) is 18.8 Å². The van der Waals surface area contributed by atoms with Gasteiger partial charge in [0.15, 0.2) is 23.5 Å². The molecule has 0 radical (unpaired) electrons. The number of aliphatic hydroxyl groups excluding tert-OH is 3. The Labute approximate surface area is 201 Å². The molecule has 1 saturated heterocycles. The number of aromatic nitrogens is 4. The van der Waals surface area contributed by atoms with Crippen LogP contribution in [-0.4, -0.2) is 95.4 Å². The van der Waals surface area contributed by atoms with Crippen LogP contribution >= 0.6 is 7.60 Å². The van der Waals surface area contributed by atoms with Gasteiger partial charge >= 0.3 is 7.60 Å². The summed E-state index contributed by atoms with van der Waals surface area (Å²) in [5.41, 5.74) is 0.362. The van der Waals surface area contributed by atoms with Crippen LogP contribution in [0.4, 0.5) is 5.82 Å². The zero-order chi connectivity index (χ0) is 25.3. The summed E-state index contributed by atoms with van der Waals surface area (Å²) in [5, 5.41) is 38.8. The van der Waals surface area contributed by atoms with Crippen LogP contribution < -0.4 is 5.32 Å². The number of nitrogens with one attached hydrogen (secondary N) is 1. The van der Waals surface area contributed by atoms with Crippen LogP contribution in [0.25, 0.3) is 11.0 Å². The van der Waals surface area contributed by atoms with Crippen molar-refractivity contribution in [2.75, 3.05) is 25.6 Å². The molecule has 1 aliphatic carbocycles. The maximum atomic E-state index is 11.4. The van der Waals surface area contributed by atoms with Gasteiger partial charge in [0.05, 0.1) is 24.8 Å². The second-order valence-electron chi connectivity index (χ2n) is 8.87. The molecule has 0 aromatic carbocycles. The minimum atomic E-state index is -4.73. The van der Waals surface area contributed by atoms with Gasteiger partial charge in [-0.05, 0) is 19.8 Å². The molecule has 2 unspecified atom stereocenters. The topological polar surface area (TPSA) is 202 Å². The normalized spacial score (nSPS) is 27.5. The Morgan fingerprint density at radius 3 is 2.60 bits per heavy atom. The molecule has 0 amide bonds. The molecular weight excluding hydrogens is 485 g/mol. The van der Waals surface area contributed by atoms with Crippen molar-refractivity contribution in [2.24, 2.45) is 0 Å². The van der Waals surface area contributed by atoms with E-state index in [-0.39, 0.29) is 6.04 Å². The SMILES string of the molecule is COC(C)c1nc(NC2CCCC2)c2cnn([C@@H]3O[C@H](COC(CO)P(=O)(O)O)[C@@H](O)[C@H]3O)c2n1. The van der Waals surface area contributed by atoms with Crippen LogP contribution in [0.2, 0.25) is 0 Å². The highest BCUT2D eigenvalue weighted by molar-refractivity contribution is 7.52. The Morgan fingerprint density at radius 2 is 1.97 bits per heavy atom. The lowest BCUT2D eigenvalue weighted by Crippen LogP contribution is -2.35. The number of aliphatic hydroxyl groups is 3. The molecule has 2 aromatic rings. The number of rotatable bonds is 10. The second kappa shape index (κ2) is 10.7. The van der Waals surface area contributed by atoms with E-state index in [0.29, 0.717) is 22.7 Å². The van der Waals surface area contributed by atoms with E-state index in [4.69, 9.17) is 14.2 Å². The van der Waals surface area contributed by atoms with Gasteiger partial charge in [-0.1, -0.05) is 12.8 Å². The second-order valence-corrected chi connectivity index (χ2v) is 10.6. The third kappa shape index (κ3) is 5.50. The molecule has 2 aliphatic rings. The van der Waals surface area contributed by atoms with Gasteiger partial charge in [-0.15, -0.1) is 0 Å². The summed E-state index contributed by atoms with van der Waals surface area (Å²) in [6.45, 7) is 0.411. The van der Waals surface area contributed by atoms with E-state index in [1.54, 1.807) is 20.2 Å². The summed E-state index contributed by atoms with van der Waals surface area (Å²) in [5.74, 6) is -0.773. The van der Waals surface area contributed by atoms with Crippen LogP contribution in [0.3, 0.4) is 0 Å². The van der Waals surface area contributed by atoms with Crippen molar-refractivity contribution in [3.8, 4) is 0 Å². The van der Waals surface area contributed by atoms with Crippen molar-refractivity contribution in [2.45, 2.75) is 75.1 Å². The van der Waals surface area contributed by atoms with Crippen LogP contribution in [0, 0.1) is 0 Å². The van der Waals surface area contributed by atoms with Crippen molar-refractivity contribution in [3.05, 3.63) is 12.0 Å². The average molecular weight is 517 g/mol. The Hall–Kier alpha value is -1.74. The third-order valence-corrected chi connectivity index (χ3v) is 7.51. The summed E-state index contributed by atoms with van der Waals surface area (Å²) >= 11 is 0. The summed E-state index contributed by atoms with van der Waals surface area (Å²) in [6, 6.07) is 0.271. The third-order valence-electron chi connectivity index (χ3n) is 6.45. The maximum absolute atomic E-state index is 11.4. The van der Waals surface area contributed by atoms with Crippen LogP contribution in [0.15, 0.2) is 6.20 Å². The summed E-state index contributed by atoms with van der Waals surface area (Å²) in [7, 11) is -3.18. The van der Waals surface area contributed by atoms with Gasteiger partial charge < -0.3 is 44.6 Å². The zero-order valence-corrected chi connectivity index (χ0v) is 20.4. The molecule has 0 spiro atoms. The van der Waals surface area contributed by atoms with Crippen molar-refractivity contribution in [1.82, 2.24) is 19.7 Å². The zero-order valence-electron chi connectivity index (χ0n) is 19.5. The fourth-order valence-electron chi connectivity index (χ4n) is 4.32. The molecule has 196 valence electrons. The predicted octanol–water partition coefficient (Wildman–Crippen LogP) is 0.0201. The molecule has 14 nitrogen and oxygen atoms in total. The molecule has 35 heavy (non-hydrogen) atoms. The molecule has 0 bridgehead atoms. The van der Waals surface area contributed by atoms with E-state index in [0.717, 1.165) is 25.7 Å². The number of hydrogen-bond acceptors (Lipinski definition) is 11. The van der Waals surface area contributed by atoms with E-state index < -0.39 is 57.3 Å². The molecule has 3 heterocycles. The van der Waals surface area contributed by atoms with Crippen molar-refractivity contribution >= 4 is 24.4 Å². The highest BCUT2D eigenvalue weighted by Gasteiger charge is 2.46. The molecule has 6 N–H and O–H groups in total. The Morgan fingerprint density at radius 1 is 1.26 bits per heavy atom. The van der Waals surface area contributed by atoms with E-state index in [9.17, 15) is 29.7 Å². The van der Waals surface area contributed by atoms with Gasteiger partial charge in [-0.3, -0.25) is 4.57 Å². The Bertz CT molecular complexity index is 1060. The lowest BCUT2D eigenvalue weighted by molar-refractivity contribution is -0.0807. The van der Waals surface area contributed by atoms with Gasteiger partial charge in [0.25, 0.3) is 0 Å². The first-order chi connectivity index (χ1) is 16.6. The average Bonchev–Trinajstić information content (AvgIpc) is 3.54. The lowest BCUT2D eigenvalue weighted by Gasteiger charge is -2.20. The number of fused-ring (bicyclic) bond motifs is 1. The van der Waals surface area contributed by atoms with E-state index in [2.05, 4.69) is 20.4 Å². The van der Waals surface area contributed by atoms with Gasteiger partial charge in [-0.2, -0.15) is 5.10 Å². The summed E-state index contributed by atoms with van der Waals surface area (Å²) in [4.78, 5) is 27.7. The highest BCUT2D eigenvalue weighted by atomic mass is 31.2. The largest absolute Gasteiger partial charge is 0.393 e. The van der Waals surface area contributed by atoms with Crippen molar-refractivity contribution in [3.63, 3.8) is 0 Å². The van der Waals surface area contributed by atoms with Gasteiger partial charge in [0, 0.05) is 13.2 Å². The number of nitrogens with zero attached hydrogens (tertiary/aromatic N) is 4. The molecule has 4 rings (SSSR count). The van der Waals surface area contributed by atoms with Crippen LogP contribution in [0.1, 0.15) is 50.8 Å². The van der Waals surface area contributed by atoms with Crippen LogP contribution in [0.5, 0.6) is 0 Å². The first-order valence-corrected chi connectivity index (χ1v) is 13.2. The first-order valence-electron chi connectivity index (χ1n) is 11.5. The molecule has 2 fully saturated rings. The fourth-order valence-corrected chi connectivity index (χ4v) is 4.81. The molecule has 1 saturated carbocycles. The van der Waals surface area contributed by atoms with E-state index in [1.807, 2.05) is 0 Å². The maximum Gasteiger partial charge on any atom is 0.356 e. The predicted molar refractivity (Wildman–Crippen MR) is 121 cm³/mol. The molecule has 6 atom stereocenters. The number of ether oxygens (including phenoxy) is 3. The standard InChI is InChI=1S/C20H32N5O9P/c1-10(32-2)17-23-18(22-11-5-3-4-6-11)12-7-21-25(19(12)24-17)20-16(28)15(27)13(34-20)9-33-14(8-26)35(29,30)31/h7,10-11,13-16,20,26-28H,3-6,8-9H2,1-2H3,(H,22,23,24)(H2,29,30,31)/t10?,13-,14?,15-,16-,20-/m1/s1. The van der Waals surface area contributed by atoms with Gasteiger partial charge in [0.1, 0.15) is 30.2 Å². The molecule has 15 heteroatoms. The lowest BCUT2D eigenvalue weighted by atomic mass is 10.1. The number of hydrogen-bond donors (Lipinski definition) is 6. The van der Waals surface area contributed by atoms with Gasteiger partial charge in [0.2, 0.25) is 0 Å². The molecule has 1 aliphatic heterocycles. The van der Waals surface area contributed by atoms with E-state index in [1.165, 1.54) is 4.68 Å². The minimum absolute atomic E-state index is 0.271. The Kier molecular flexibility index (Phi) is 8.05. The summed E-state index contributed by atoms with van der Waals surface area (Å²) in [6.07, 6.45) is 0.289. The smallest absolute Gasteiger partial charge is 0.356 e. The Balaban J connectivity index is 1.61. The monoisotopic (exact) mass is 517 g/mol. The van der Waals surface area contributed by atoms with Crippen molar-refractivity contribution in [1.29, 1.82) is 0 Å². The number of anilines is 1. The fraction of sp³-hybridized carbons (Fsp3) is 0.750. The number of methoxy groups -OCH3 is 1. The minimum Gasteiger partial charge on any atom is -0.393 e. The summed E-state index contributed by atoms with van der Waals surface area (Å²) < 4.78 is 29.0. The molecular formula is C20H32N5O9P. The quantitative estimate of drug-likeness (QED) is 0.231. The molecule has 2 aromatic heterocycles. The van der Waals surface area contributed by atoms with Gasteiger partial charge in [-0.25, -0.2) is 14.6 Å². The van der Waals surface area contributed by atoms with Crippen molar-refractivity contribution < 1.29 is 43.9 Å². The van der Waals surface area contributed by atoms with E-state index >= 15 is 0 Å². The highest BCUT2D eigenvalue weighted by Crippen LogP contribution is 2.42. The first kappa shape index (κ1) is 26.3.